The third-order valence-corrected chi connectivity index (χ3v) is 5.03. The van der Waals surface area contributed by atoms with Crippen LogP contribution in [0, 0.1) is 6.92 Å². The molecule has 0 N–H and O–H groups in total. The van der Waals surface area contributed by atoms with Crippen LogP contribution in [0.2, 0.25) is 0 Å². The molecule has 4 aromatic rings. The van der Waals surface area contributed by atoms with Gasteiger partial charge in [-0.2, -0.15) is 0 Å². The highest BCUT2D eigenvalue weighted by Gasteiger charge is 2.16. The SMILES string of the molecule is COc1ccccc1/C=C(/C(=O)OCc1cc(=O)n2cccc(C)c2n1)c1ccccc1. The van der Waals surface area contributed by atoms with Crippen LogP contribution in [0.4, 0.5) is 0 Å². The van der Waals surface area contributed by atoms with Gasteiger partial charge in [0.25, 0.3) is 5.56 Å². The number of esters is 1. The van der Waals surface area contributed by atoms with Crippen molar-refractivity contribution in [2.45, 2.75) is 13.5 Å². The van der Waals surface area contributed by atoms with Gasteiger partial charge in [-0.3, -0.25) is 9.20 Å². The Morgan fingerprint density at radius 2 is 1.78 bits per heavy atom. The van der Waals surface area contributed by atoms with Crippen molar-refractivity contribution in [1.29, 1.82) is 0 Å². The van der Waals surface area contributed by atoms with Gasteiger partial charge in [-0.1, -0.05) is 54.6 Å². The third kappa shape index (κ3) is 4.44. The molecule has 0 aliphatic carbocycles. The fourth-order valence-corrected chi connectivity index (χ4v) is 3.42. The third-order valence-electron chi connectivity index (χ3n) is 5.03. The summed E-state index contributed by atoms with van der Waals surface area (Å²) < 4.78 is 12.5. The van der Waals surface area contributed by atoms with Crippen LogP contribution < -0.4 is 10.3 Å². The largest absolute Gasteiger partial charge is 0.496 e. The summed E-state index contributed by atoms with van der Waals surface area (Å²) in [6.45, 7) is 1.76. The highest BCUT2D eigenvalue weighted by molar-refractivity contribution is 6.21. The van der Waals surface area contributed by atoms with E-state index in [0.717, 1.165) is 11.1 Å². The number of nitrogens with zero attached hydrogens (tertiary/aromatic N) is 2. The number of rotatable bonds is 6. The van der Waals surface area contributed by atoms with Gasteiger partial charge < -0.3 is 9.47 Å². The fourth-order valence-electron chi connectivity index (χ4n) is 3.42. The fraction of sp³-hybridized carbons (Fsp3) is 0.115. The quantitative estimate of drug-likeness (QED) is 0.261. The molecule has 2 aromatic carbocycles. The maximum Gasteiger partial charge on any atom is 0.339 e. The summed E-state index contributed by atoms with van der Waals surface area (Å²) in [4.78, 5) is 30.0. The summed E-state index contributed by atoms with van der Waals surface area (Å²) in [6.07, 6.45) is 3.40. The Balaban J connectivity index is 1.65. The molecule has 0 radical (unpaired) electrons. The van der Waals surface area contributed by atoms with E-state index in [0.29, 0.717) is 28.2 Å². The molecule has 0 bridgehead atoms. The number of para-hydroxylation sites is 1. The molecular formula is C26H22N2O4. The van der Waals surface area contributed by atoms with Crippen LogP contribution in [0.1, 0.15) is 22.4 Å². The maximum atomic E-state index is 13.1. The van der Waals surface area contributed by atoms with Crippen LogP contribution >= 0.6 is 0 Å². The van der Waals surface area contributed by atoms with Crippen LogP contribution in [0.3, 0.4) is 0 Å². The zero-order valence-electron chi connectivity index (χ0n) is 17.8. The molecule has 2 aromatic heterocycles. The number of fused-ring (bicyclic) bond motifs is 1. The number of benzene rings is 2. The van der Waals surface area contributed by atoms with Crippen molar-refractivity contribution in [1.82, 2.24) is 9.38 Å². The van der Waals surface area contributed by atoms with Crippen LogP contribution in [0.15, 0.2) is 83.8 Å². The first-order valence-corrected chi connectivity index (χ1v) is 10.1. The Labute approximate surface area is 185 Å². The number of ether oxygens (including phenoxy) is 2. The number of pyridine rings is 1. The second kappa shape index (κ2) is 9.31. The topological polar surface area (TPSA) is 69.9 Å². The van der Waals surface area contributed by atoms with E-state index in [-0.39, 0.29) is 12.2 Å². The molecule has 0 aliphatic rings. The van der Waals surface area contributed by atoms with Gasteiger partial charge in [0.1, 0.15) is 18.0 Å². The second-order valence-electron chi connectivity index (χ2n) is 7.21. The molecule has 6 heteroatoms. The van der Waals surface area contributed by atoms with Gasteiger partial charge in [0.05, 0.1) is 18.4 Å². The van der Waals surface area contributed by atoms with Crippen molar-refractivity contribution in [3.63, 3.8) is 0 Å². The van der Waals surface area contributed by atoms with E-state index in [9.17, 15) is 9.59 Å². The number of hydrogen-bond acceptors (Lipinski definition) is 5. The van der Waals surface area contributed by atoms with Crippen molar-refractivity contribution in [3.05, 3.63) is 112 Å². The van der Waals surface area contributed by atoms with E-state index in [2.05, 4.69) is 4.98 Å². The molecule has 0 unspecified atom stereocenters. The molecule has 4 rings (SSSR count). The summed E-state index contributed by atoms with van der Waals surface area (Å²) in [5.41, 5.74) is 3.41. The second-order valence-corrected chi connectivity index (χ2v) is 7.21. The van der Waals surface area contributed by atoms with Crippen LogP contribution in [0.25, 0.3) is 17.3 Å². The number of aromatic nitrogens is 2. The predicted molar refractivity (Wildman–Crippen MR) is 123 cm³/mol. The Morgan fingerprint density at radius 1 is 1.03 bits per heavy atom. The number of hydrogen-bond donors (Lipinski definition) is 0. The normalized spacial score (nSPS) is 11.4. The zero-order chi connectivity index (χ0) is 22.5. The first-order valence-electron chi connectivity index (χ1n) is 10.1. The molecule has 2 heterocycles. The lowest BCUT2D eigenvalue weighted by molar-refractivity contribution is -0.137. The van der Waals surface area contributed by atoms with Crippen LogP contribution in [-0.2, 0) is 16.1 Å². The Morgan fingerprint density at radius 3 is 2.56 bits per heavy atom. The highest BCUT2D eigenvalue weighted by Crippen LogP contribution is 2.25. The van der Waals surface area contributed by atoms with Crippen LogP contribution in [0.5, 0.6) is 5.75 Å². The van der Waals surface area contributed by atoms with E-state index >= 15 is 0 Å². The molecule has 0 aliphatic heterocycles. The van der Waals surface area contributed by atoms with Crippen molar-refractivity contribution >= 4 is 23.3 Å². The predicted octanol–water partition coefficient (Wildman–Crippen LogP) is 4.30. The monoisotopic (exact) mass is 426 g/mol. The van der Waals surface area contributed by atoms with E-state index in [1.54, 1.807) is 25.4 Å². The minimum absolute atomic E-state index is 0.116. The minimum atomic E-state index is -0.520. The Kier molecular flexibility index (Phi) is 6.12. The Bertz CT molecular complexity index is 1360. The maximum absolute atomic E-state index is 13.1. The van der Waals surface area contributed by atoms with Crippen molar-refractivity contribution in [3.8, 4) is 5.75 Å². The molecule has 0 saturated carbocycles. The summed E-state index contributed by atoms with van der Waals surface area (Å²) in [6, 6.07) is 21.7. The lowest BCUT2D eigenvalue weighted by Crippen LogP contribution is -2.17. The number of carbonyl (C=O) groups is 1. The molecule has 160 valence electrons. The van der Waals surface area contributed by atoms with Crippen molar-refractivity contribution in [2.24, 2.45) is 0 Å². The smallest absolute Gasteiger partial charge is 0.339 e. The molecule has 6 nitrogen and oxygen atoms in total. The highest BCUT2D eigenvalue weighted by atomic mass is 16.5. The van der Waals surface area contributed by atoms with Crippen molar-refractivity contribution in [2.75, 3.05) is 7.11 Å². The Hall–Kier alpha value is -4.19. The van der Waals surface area contributed by atoms with Gasteiger partial charge >= 0.3 is 5.97 Å². The molecule has 32 heavy (non-hydrogen) atoms. The summed E-state index contributed by atoms with van der Waals surface area (Å²) in [5.74, 6) is 0.127. The first kappa shape index (κ1) is 21.1. The number of carbonyl (C=O) groups excluding carboxylic acids is 1. The van der Waals surface area contributed by atoms with Gasteiger partial charge in [-0.15, -0.1) is 0 Å². The van der Waals surface area contributed by atoms with Gasteiger partial charge in [-0.05, 0) is 36.3 Å². The molecule has 0 fully saturated rings. The first-order chi connectivity index (χ1) is 15.6. The summed E-state index contributed by atoms with van der Waals surface area (Å²) in [5, 5.41) is 0. The molecule has 0 saturated heterocycles. The van der Waals surface area contributed by atoms with Gasteiger partial charge in [0.2, 0.25) is 0 Å². The lowest BCUT2D eigenvalue weighted by Gasteiger charge is -2.11. The van der Waals surface area contributed by atoms with E-state index in [1.165, 1.54) is 10.5 Å². The minimum Gasteiger partial charge on any atom is -0.496 e. The van der Waals surface area contributed by atoms with E-state index in [4.69, 9.17) is 9.47 Å². The van der Waals surface area contributed by atoms with E-state index < -0.39 is 5.97 Å². The summed E-state index contributed by atoms with van der Waals surface area (Å²) in [7, 11) is 1.58. The zero-order valence-corrected chi connectivity index (χ0v) is 17.8. The van der Waals surface area contributed by atoms with E-state index in [1.807, 2.05) is 67.6 Å². The average molecular weight is 426 g/mol. The standard InChI is InChI=1S/C26H22N2O4/c1-18-9-8-14-28-24(29)16-21(27-25(18)28)17-32-26(30)22(19-10-4-3-5-11-19)15-20-12-6-7-13-23(20)31-2/h3-16H,17H2,1-2H3/b22-15+. The number of aryl methyl sites for hydroxylation is 1. The molecule has 0 spiro atoms. The number of methoxy groups -OCH3 is 1. The van der Waals surface area contributed by atoms with Gasteiger partial charge in [-0.25, -0.2) is 9.78 Å². The summed E-state index contributed by atoms with van der Waals surface area (Å²) >= 11 is 0. The molecular weight excluding hydrogens is 404 g/mol. The average Bonchev–Trinajstić information content (AvgIpc) is 2.82. The van der Waals surface area contributed by atoms with Crippen molar-refractivity contribution < 1.29 is 14.3 Å². The van der Waals surface area contributed by atoms with Crippen LogP contribution in [-0.4, -0.2) is 22.5 Å². The molecule has 0 atom stereocenters. The lowest BCUT2D eigenvalue weighted by atomic mass is 10.0. The van der Waals surface area contributed by atoms with Gasteiger partial charge in [0, 0.05) is 17.8 Å². The van der Waals surface area contributed by atoms with Gasteiger partial charge in [0.15, 0.2) is 0 Å². The molecule has 0 amide bonds.